The Labute approximate surface area is 130 Å². The van der Waals surface area contributed by atoms with Crippen molar-refractivity contribution in [2.24, 2.45) is 0 Å². The predicted octanol–water partition coefficient (Wildman–Crippen LogP) is 4.47. The van der Waals surface area contributed by atoms with E-state index in [0.717, 1.165) is 30.9 Å². The summed E-state index contributed by atoms with van der Waals surface area (Å²) in [5.74, 6) is 0.402. The normalized spacial score (nSPS) is 12.4. The van der Waals surface area contributed by atoms with Gasteiger partial charge in [0.05, 0.1) is 0 Å². The van der Waals surface area contributed by atoms with Gasteiger partial charge in [-0.1, -0.05) is 39.7 Å². The second-order valence-electron chi connectivity index (χ2n) is 5.72. The minimum atomic E-state index is 0.184. The van der Waals surface area contributed by atoms with Crippen LogP contribution < -0.4 is 10.2 Å². The van der Waals surface area contributed by atoms with Crippen molar-refractivity contribution in [2.45, 2.75) is 59.4 Å². The first-order valence-corrected chi connectivity index (χ1v) is 8.45. The molecule has 0 aliphatic heterocycles. The Bertz CT molecular complexity index is 398. The van der Waals surface area contributed by atoms with Crippen molar-refractivity contribution < 1.29 is 5.11 Å². The monoisotopic (exact) mass is 292 g/mol. The summed E-state index contributed by atoms with van der Waals surface area (Å²) in [4.78, 5) is 2.40. The molecule has 0 amide bonds. The van der Waals surface area contributed by atoms with Gasteiger partial charge in [0, 0.05) is 36.4 Å². The van der Waals surface area contributed by atoms with Gasteiger partial charge >= 0.3 is 0 Å². The lowest BCUT2D eigenvalue weighted by atomic mass is 10.1. The molecule has 0 aromatic heterocycles. The Morgan fingerprint density at radius 3 is 2.19 bits per heavy atom. The van der Waals surface area contributed by atoms with Crippen LogP contribution in [0.15, 0.2) is 18.2 Å². The van der Waals surface area contributed by atoms with Crippen LogP contribution in [0.3, 0.4) is 0 Å². The van der Waals surface area contributed by atoms with E-state index < -0.39 is 0 Å². The largest absolute Gasteiger partial charge is 0.508 e. The Hall–Kier alpha value is -1.22. The number of anilines is 1. The average Bonchev–Trinajstić information content (AvgIpc) is 2.47. The minimum absolute atomic E-state index is 0.184. The molecule has 3 heteroatoms. The van der Waals surface area contributed by atoms with E-state index in [2.05, 4.69) is 50.0 Å². The first kappa shape index (κ1) is 17.8. The van der Waals surface area contributed by atoms with Crippen molar-refractivity contribution in [1.82, 2.24) is 5.32 Å². The SMILES string of the molecule is CCCCN(CCCC)c1ccc(C(C)NCC)c(O)c1. The third-order valence-corrected chi connectivity index (χ3v) is 3.92. The number of phenols is 1. The lowest BCUT2D eigenvalue weighted by Crippen LogP contribution is -2.25. The summed E-state index contributed by atoms with van der Waals surface area (Å²) in [7, 11) is 0. The molecule has 0 fully saturated rings. The summed E-state index contributed by atoms with van der Waals surface area (Å²) < 4.78 is 0. The molecular formula is C18H32N2O. The summed E-state index contributed by atoms with van der Waals surface area (Å²) in [5.41, 5.74) is 2.12. The van der Waals surface area contributed by atoms with E-state index in [1.54, 1.807) is 0 Å². The van der Waals surface area contributed by atoms with Crippen LogP contribution >= 0.6 is 0 Å². The first-order valence-electron chi connectivity index (χ1n) is 8.45. The Kier molecular flexibility index (Phi) is 8.21. The molecular weight excluding hydrogens is 260 g/mol. The summed E-state index contributed by atoms with van der Waals surface area (Å²) in [6, 6.07) is 6.31. The Morgan fingerprint density at radius 2 is 1.71 bits per heavy atom. The lowest BCUT2D eigenvalue weighted by molar-refractivity contribution is 0.454. The fourth-order valence-corrected chi connectivity index (χ4v) is 2.58. The highest BCUT2D eigenvalue weighted by molar-refractivity contribution is 5.54. The van der Waals surface area contributed by atoms with E-state index in [9.17, 15) is 5.11 Å². The Morgan fingerprint density at radius 1 is 1.10 bits per heavy atom. The maximum absolute atomic E-state index is 10.3. The van der Waals surface area contributed by atoms with Crippen LogP contribution in [0.1, 0.15) is 65.0 Å². The van der Waals surface area contributed by atoms with Gasteiger partial charge < -0.3 is 15.3 Å². The Balaban J connectivity index is 2.86. The molecule has 1 aromatic rings. The predicted molar refractivity (Wildman–Crippen MR) is 92.2 cm³/mol. The molecule has 120 valence electrons. The second kappa shape index (κ2) is 9.67. The van der Waals surface area contributed by atoms with Gasteiger partial charge in [-0.3, -0.25) is 0 Å². The molecule has 0 spiro atoms. The van der Waals surface area contributed by atoms with E-state index in [1.807, 2.05) is 6.07 Å². The third kappa shape index (κ3) is 5.58. The molecule has 1 unspecified atom stereocenters. The molecule has 1 aromatic carbocycles. The van der Waals surface area contributed by atoms with Crippen molar-refractivity contribution in [2.75, 3.05) is 24.5 Å². The van der Waals surface area contributed by atoms with E-state index >= 15 is 0 Å². The van der Waals surface area contributed by atoms with Gasteiger partial charge in [-0.05, 0) is 32.4 Å². The average molecular weight is 292 g/mol. The molecule has 0 aliphatic carbocycles. The topological polar surface area (TPSA) is 35.5 Å². The van der Waals surface area contributed by atoms with E-state index in [1.165, 1.54) is 25.7 Å². The molecule has 0 saturated carbocycles. The standard InChI is InChI=1S/C18H32N2O/c1-5-8-12-20(13-9-6-2)16-10-11-17(18(21)14-16)15(4)19-7-3/h10-11,14-15,19,21H,5-9,12-13H2,1-4H3. The van der Waals surface area contributed by atoms with Crippen molar-refractivity contribution >= 4 is 5.69 Å². The third-order valence-electron chi connectivity index (χ3n) is 3.92. The zero-order valence-electron chi connectivity index (χ0n) is 14.2. The van der Waals surface area contributed by atoms with Crippen LogP contribution in [0.5, 0.6) is 5.75 Å². The van der Waals surface area contributed by atoms with Gasteiger partial charge in [-0.25, -0.2) is 0 Å². The number of nitrogens with one attached hydrogen (secondary N) is 1. The van der Waals surface area contributed by atoms with Crippen molar-refractivity contribution in [1.29, 1.82) is 0 Å². The fraction of sp³-hybridized carbons (Fsp3) is 0.667. The van der Waals surface area contributed by atoms with Crippen LogP contribution in [-0.2, 0) is 0 Å². The summed E-state index contributed by atoms with van der Waals surface area (Å²) >= 11 is 0. The number of unbranched alkanes of at least 4 members (excludes halogenated alkanes) is 2. The first-order chi connectivity index (χ1) is 10.1. The van der Waals surface area contributed by atoms with Gasteiger partial charge in [-0.2, -0.15) is 0 Å². The summed E-state index contributed by atoms with van der Waals surface area (Å²) in [6.07, 6.45) is 4.79. The number of hydrogen-bond donors (Lipinski definition) is 2. The van der Waals surface area contributed by atoms with Gasteiger partial charge in [0.15, 0.2) is 0 Å². The molecule has 0 aliphatic rings. The number of aromatic hydroxyl groups is 1. The molecule has 0 heterocycles. The number of rotatable bonds is 10. The van der Waals surface area contributed by atoms with Crippen molar-refractivity contribution in [3.63, 3.8) is 0 Å². The van der Waals surface area contributed by atoms with Crippen molar-refractivity contribution in [3.05, 3.63) is 23.8 Å². The van der Waals surface area contributed by atoms with E-state index in [-0.39, 0.29) is 6.04 Å². The van der Waals surface area contributed by atoms with Gasteiger partial charge in [0.2, 0.25) is 0 Å². The number of phenolic OH excluding ortho intramolecular Hbond substituents is 1. The second-order valence-corrected chi connectivity index (χ2v) is 5.72. The number of nitrogens with zero attached hydrogens (tertiary/aromatic N) is 1. The zero-order chi connectivity index (χ0) is 15.7. The zero-order valence-corrected chi connectivity index (χ0v) is 14.2. The molecule has 0 bridgehead atoms. The van der Waals surface area contributed by atoms with Gasteiger partial charge in [0.1, 0.15) is 5.75 Å². The minimum Gasteiger partial charge on any atom is -0.508 e. The van der Waals surface area contributed by atoms with E-state index in [0.29, 0.717) is 5.75 Å². The quantitative estimate of drug-likeness (QED) is 0.668. The highest BCUT2D eigenvalue weighted by Gasteiger charge is 2.12. The molecule has 1 atom stereocenters. The number of hydrogen-bond acceptors (Lipinski definition) is 3. The highest BCUT2D eigenvalue weighted by Crippen LogP contribution is 2.29. The maximum atomic E-state index is 10.3. The van der Waals surface area contributed by atoms with Crippen LogP contribution in [0, 0.1) is 0 Å². The smallest absolute Gasteiger partial charge is 0.122 e. The van der Waals surface area contributed by atoms with Crippen LogP contribution in [0.25, 0.3) is 0 Å². The molecule has 21 heavy (non-hydrogen) atoms. The van der Waals surface area contributed by atoms with Crippen LogP contribution in [-0.4, -0.2) is 24.7 Å². The molecule has 2 N–H and O–H groups in total. The van der Waals surface area contributed by atoms with Crippen LogP contribution in [0.2, 0.25) is 0 Å². The number of benzene rings is 1. The van der Waals surface area contributed by atoms with Crippen molar-refractivity contribution in [3.8, 4) is 5.75 Å². The fourth-order valence-electron chi connectivity index (χ4n) is 2.58. The van der Waals surface area contributed by atoms with E-state index in [4.69, 9.17) is 0 Å². The maximum Gasteiger partial charge on any atom is 0.122 e. The summed E-state index contributed by atoms with van der Waals surface area (Å²) in [6.45, 7) is 11.6. The van der Waals surface area contributed by atoms with Gasteiger partial charge in [0.25, 0.3) is 0 Å². The van der Waals surface area contributed by atoms with Crippen LogP contribution in [0.4, 0.5) is 5.69 Å². The summed E-state index contributed by atoms with van der Waals surface area (Å²) in [5, 5.41) is 13.7. The molecule has 1 rings (SSSR count). The molecule has 0 saturated heterocycles. The molecule has 0 radical (unpaired) electrons. The van der Waals surface area contributed by atoms with Gasteiger partial charge in [-0.15, -0.1) is 0 Å². The molecule has 3 nitrogen and oxygen atoms in total. The lowest BCUT2D eigenvalue weighted by Gasteiger charge is -2.26. The highest BCUT2D eigenvalue weighted by atomic mass is 16.3.